The van der Waals surface area contributed by atoms with Gasteiger partial charge in [-0.2, -0.15) is 0 Å². The zero-order valence-corrected chi connectivity index (χ0v) is 11.1. The lowest BCUT2D eigenvalue weighted by Gasteiger charge is -2.40. The van der Waals surface area contributed by atoms with Crippen LogP contribution in [0.25, 0.3) is 0 Å². The van der Waals surface area contributed by atoms with Gasteiger partial charge < -0.3 is 10.4 Å². The van der Waals surface area contributed by atoms with E-state index in [2.05, 4.69) is 39.9 Å². The molecule has 0 aliphatic rings. The molecule has 0 aromatic carbocycles. The first-order valence-corrected chi connectivity index (χ1v) is 5.38. The van der Waals surface area contributed by atoms with Crippen LogP contribution in [0.15, 0.2) is 0 Å². The maximum Gasteiger partial charge on any atom is 0.323 e. The van der Waals surface area contributed by atoms with Crippen LogP contribution >= 0.6 is 0 Å². The average molecular weight is 215 g/mol. The molecular formula is C12H25NO2. The van der Waals surface area contributed by atoms with Crippen LogP contribution in [0.2, 0.25) is 0 Å². The SMILES string of the molecule is CC(C)(NCC(C)(C)C(C)(C)C)C(=O)O. The monoisotopic (exact) mass is 215 g/mol. The molecule has 0 fully saturated rings. The fourth-order valence-electron chi connectivity index (χ4n) is 0.783. The van der Waals surface area contributed by atoms with E-state index in [1.165, 1.54) is 0 Å². The standard InChI is InChI=1S/C12H25NO2/c1-10(2,3)11(4,5)8-13-12(6,7)9(14)15/h13H,8H2,1-7H3,(H,14,15). The first-order chi connectivity index (χ1) is 6.40. The molecule has 0 atom stereocenters. The molecule has 0 aliphatic heterocycles. The first-order valence-electron chi connectivity index (χ1n) is 5.38. The fraction of sp³-hybridized carbons (Fsp3) is 0.917. The molecule has 2 N–H and O–H groups in total. The van der Waals surface area contributed by atoms with E-state index in [0.717, 1.165) is 0 Å². The van der Waals surface area contributed by atoms with Crippen LogP contribution in [0.3, 0.4) is 0 Å². The molecule has 3 heteroatoms. The third-order valence-electron chi connectivity index (χ3n) is 3.54. The summed E-state index contributed by atoms with van der Waals surface area (Å²) in [5, 5.41) is 12.1. The maximum atomic E-state index is 10.9. The molecule has 0 rings (SSSR count). The third kappa shape index (κ3) is 3.82. The van der Waals surface area contributed by atoms with E-state index in [1.54, 1.807) is 13.8 Å². The molecule has 0 bridgehead atoms. The lowest BCUT2D eigenvalue weighted by Crippen LogP contribution is -2.52. The molecule has 3 nitrogen and oxygen atoms in total. The lowest BCUT2D eigenvalue weighted by molar-refractivity contribution is -0.143. The summed E-state index contributed by atoms with van der Waals surface area (Å²) in [6.45, 7) is 14.9. The van der Waals surface area contributed by atoms with E-state index in [1.807, 2.05) is 0 Å². The Bertz CT molecular complexity index is 236. The van der Waals surface area contributed by atoms with E-state index in [0.29, 0.717) is 6.54 Å². The quantitative estimate of drug-likeness (QED) is 0.757. The Labute approximate surface area is 93.3 Å². The zero-order valence-electron chi connectivity index (χ0n) is 11.1. The van der Waals surface area contributed by atoms with Crippen molar-refractivity contribution in [1.29, 1.82) is 0 Å². The minimum atomic E-state index is -0.859. The van der Waals surface area contributed by atoms with E-state index in [-0.39, 0.29) is 10.8 Å². The largest absolute Gasteiger partial charge is 0.480 e. The van der Waals surface area contributed by atoms with Crippen LogP contribution in [-0.2, 0) is 4.79 Å². The third-order valence-corrected chi connectivity index (χ3v) is 3.54. The Balaban J connectivity index is 4.47. The molecule has 0 saturated heterocycles. The predicted molar refractivity (Wildman–Crippen MR) is 63.0 cm³/mol. The Hall–Kier alpha value is -0.570. The first kappa shape index (κ1) is 14.4. The van der Waals surface area contributed by atoms with Gasteiger partial charge in [0, 0.05) is 6.54 Å². The van der Waals surface area contributed by atoms with Gasteiger partial charge in [0.15, 0.2) is 0 Å². The van der Waals surface area contributed by atoms with Gasteiger partial charge in [-0.15, -0.1) is 0 Å². The number of carboxylic acids is 1. The van der Waals surface area contributed by atoms with Gasteiger partial charge in [0.25, 0.3) is 0 Å². The average Bonchev–Trinajstić information content (AvgIpc) is 1.99. The van der Waals surface area contributed by atoms with Crippen molar-refractivity contribution in [3.05, 3.63) is 0 Å². The molecule has 15 heavy (non-hydrogen) atoms. The van der Waals surface area contributed by atoms with Gasteiger partial charge in [-0.3, -0.25) is 4.79 Å². The molecular weight excluding hydrogens is 190 g/mol. The van der Waals surface area contributed by atoms with Gasteiger partial charge in [0.2, 0.25) is 0 Å². The van der Waals surface area contributed by atoms with Crippen molar-refractivity contribution in [3.8, 4) is 0 Å². The summed E-state index contributed by atoms with van der Waals surface area (Å²) in [5.41, 5.74) is -0.656. The fourth-order valence-corrected chi connectivity index (χ4v) is 0.783. The van der Waals surface area contributed by atoms with Crippen molar-refractivity contribution in [2.24, 2.45) is 10.8 Å². The number of hydrogen-bond donors (Lipinski definition) is 2. The van der Waals surface area contributed by atoms with Crippen LogP contribution in [0.4, 0.5) is 0 Å². The highest BCUT2D eigenvalue weighted by atomic mass is 16.4. The van der Waals surface area contributed by atoms with Gasteiger partial charge in [-0.25, -0.2) is 0 Å². The van der Waals surface area contributed by atoms with Gasteiger partial charge in [0.05, 0.1) is 0 Å². The topological polar surface area (TPSA) is 49.3 Å². The van der Waals surface area contributed by atoms with Crippen LogP contribution in [0, 0.1) is 10.8 Å². The Morgan fingerprint density at radius 3 is 1.73 bits per heavy atom. The smallest absolute Gasteiger partial charge is 0.323 e. The molecule has 0 saturated carbocycles. The van der Waals surface area contributed by atoms with E-state index in [4.69, 9.17) is 5.11 Å². The highest BCUT2D eigenvalue weighted by molar-refractivity contribution is 5.77. The summed E-state index contributed by atoms with van der Waals surface area (Å²) >= 11 is 0. The highest BCUT2D eigenvalue weighted by Gasteiger charge is 2.35. The summed E-state index contributed by atoms with van der Waals surface area (Å²) in [5.74, 6) is -0.813. The number of rotatable bonds is 4. The van der Waals surface area contributed by atoms with Gasteiger partial charge >= 0.3 is 5.97 Å². The van der Waals surface area contributed by atoms with Crippen molar-refractivity contribution >= 4 is 5.97 Å². The molecule has 0 aromatic rings. The molecule has 0 unspecified atom stereocenters. The van der Waals surface area contributed by atoms with Crippen molar-refractivity contribution in [2.75, 3.05) is 6.54 Å². The number of carboxylic acid groups (broad SMARTS) is 1. The van der Waals surface area contributed by atoms with E-state index < -0.39 is 11.5 Å². The summed E-state index contributed by atoms with van der Waals surface area (Å²) in [7, 11) is 0. The summed E-state index contributed by atoms with van der Waals surface area (Å²) in [4.78, 5) is 10.9. The predicted octanol–water partition coefficient (Wildman–Crippen LogP) is 2.51. The van der Waals surface area contributed by atoms with Gasteiger partial charge in [0.1, 0.15) is 5.54 Å². The van der Waals surface area contributed by atoms with Crippen LogP contribution in [-0.4, -0.2) is 23.2 Å². The second kappa shape index (κ2) is 4.12. The van der Waals surface area contributed by atoms with Crippen LogP contribution < -0.4 is 5.32 Å². The molecule has 90 valence electrons. The van der Waals surface area contributed by atoms with E-state index >= 15 is 0 Å². The van der Waals surface area contributed by atoms with Crippen molar-refractivity contribution in [1.82, 2.24) is 5.32 Å². The van der Waals surface area contributed by atoms with Crippen LogP contribution in [0.1, 0.15) is 48.5 Å². The molecule has 0 heterocycles. The number of aliphatic carboxylic acids is 1. The maximum absolute atomic E-state index is 10.9. The van der Waals surface area contributed by atoms with Crippen molar-refractivity contribution in [2.45, 2.75) is 54.0 Å². The second-order valence-electron chi connectivity index (χ2n) is 6.42. The highest BCUT2D eigenvalue weighted by Crippen LogP contribution is 2.37. The Kier molecular flexibility index (Phi) is 3.97. The van der Waals surface area contributed by atoms with Crippen molar-refractivity contribution in [3.63, 3.8) is 0 Å². The number of hydrogen-bond acceptors (Lipinski definition) is 2. The van der Waals surface area contributed by atoms with Crippen LogP contribution in [0.5, 0.6) is 0 Å². The molecule has 0 aromatic heterocycles. The zero-order chi connectivity index (χ0) is 12.5. The van der Waals surface area contributed by atoms with Crippen molar-refractivity contribution < 1.29 is 9.90 Å². The second-order valence-corrected chi connectivity index (χ2v) is 6.42. The Morgan fingerprint density at radius 1 is 1.07 bits per heavy atom. The molecule has 0 spiro atoms. The lowest BCUT2D eigenvalue weighted by atomic mass is 9.69. The molecule has 0 radical (unpaired) electrons. The minimum absolute atomic E-state index is 0.0553. The number of carbonyl (C=O) groups is 1. The van der Waals surface area contributed by atoms with E-state index in [9.17, 15) is 4.79 Å². The minimum Gasteiger partial charge on any atom is -0.480 e. The summed E-state index contributed by atoms with van der Waals surface area (Å²) < 4.78 is 0. The Morgan fingerprint density at radius 2 is 1.47 bits per heavy atom. The summed E-state index contributed by atoms with van der Waals surface area (Å²) in [6, 6.07) is 0. The number of nitrogens with one attached hydrogen (secondary N) is 1. The molecule has 0 aliphatic carbocycles. The summed E-state index contributed by atoms with van der Waals surface area (Å²) in [6.07, 6.45) is 0. The van der Waals surface area contributed by atoms with Gasteiger partial charge in [-0.1, -0.05) is 34.6 Å². The van der Waals surface area contributed by atoms with Gasteiger partial charge in [-0.05, 0) is 24.7 Å². The molecule has 0 amide bonds. The normalized spacial score (nSPS) is 14.1.